The summed E-state index contributed by atoms with van der Waals surface area (Å²) in [5.74, 6) is 0.0772. The molecule has 0 N–H and O–H groups in total. The van der Waals surface area contributed by atoms with Gasteiger partial charge in [-0.05, 0) is 62.4 Å². The molecule has 188 valence electrons. The monoisotopic (exact) mass is 512 g/mol. The molecular weight excluding hydrogens is 473 g/mol. The average Bonchev–Trinajstić information content (AvgIpc) is 2.87. The summed E-state index contributed by atoms with van der Waals surface area (Å²) in [6, 6.07) is 32.4. The van der Waals surface area contributed by atoms with Crippen LogP contribution in [0.2, 0.25) is 39.3 Å². The van der Waals surface area contributed by atoms with E-state index < -0.39 is 27.8 Å². The van der Waals surface area contributed by atoms with Crippen LogP contribution in [0.25, 0.3) is 0 Å². The van der Waals surface area contributed by atoms with Crippen LogP contribution in [0.1, 0.15) is 23.1 Å². The predicted molar refractivity (Wildman–Crippen MR) is 157 cm³/mol. The lowest BCUT2D eigenvalue weighted by Gasteiger charge is -2.58. The molecule has 0 saturated heterocycles. The zero-order valence-corrected chi connectivity index (χ0v) is 24.6. The minimum atomic E-state index is -2.15. The Morgan fingerprint density at radius 3 is 1.42 bits per heavy atom. The smallest absolute Gasteiger partial charge is 0.185 e. The van der Waals surface area contributed by atoms with Crippen molar-refractivity contribution in [1.82, 2.24) is 0 Å². The molecule has 4 rings (SSSR count). The predicted octanol–water partition coefficient (Wildman–Crippen LogP) is 8.66. The molecule has 0 heterocycles. The summed E-state index contributed by atoms with van der Waals surface area (Å²) in [5.41, 5.74) is 1.76. The summed E-state index contributed by atoms with van der Waals surface area (Å²) in [4.78, 5) is 0. The molecule has 0 saturated carbocycles. The third-order valence-electron chi connectivity index (χ3n) is 6.52. The Labute approximate surface area is 220 Å². The number of benzene rings is 3. The maximum atomic E-state index is 7.62. The minimum absolute atomic E-state index is 0.0772. The standard InChI is InChI=1S/C32H40O2Si2/c1-35(2,3)33-31(27-19-11-7-12-20-27,28-21-13-8-14-22-28)32(34-36(4,5)6,29-23-15-9-16-24-29)30-25-17-10-18-26-30/h7-25,30H,26H2,1-6H3. The highest BCUT2D eigenvalue weighted by Crippen LogP contribution is 2.58. The molecule has 0 fully saturated rings. The summed E-state index contributed by atoms with van der Waals surface area (Å²) in [6.07, 6.45) is 9.81. The molecule has 36 heavy (non-hydrogen) atoms. The van der Waals surface area contributed by atoms with Gasteiger partial charge in [0.05, 0.1) is 0 Å². The Bertz CT molecular complexity index is 1140. The lowest BCUT2D eigenvalue weighted by Crippen LogP contribution is -2.63. The van der Waals surface area contributed by atoms with Gasteiger partial charge < -0.3 is 8.85 Å². The zero-order valence-electron chi connectivity index (χ0n) is 22.6. The average molecular weight is 513 g/mol. The van der Waals surface area contributed by atoms with Crippen molar-refractivity contribution in [3.63, 3.8) is 0 Å². The number of allylic oxidation sites excluding steroid dienone is 3. The Morgan fingerprint density at radius 2 is 1.03 bits per heavy atom. The molecule has 3 aromatic rings. The molecule has 2 unspecified atom stereocenters. The molecular formula is C32H40O2Si2. The molecule has 1 aliphatic rings. The fourth-order valence-electron chi connectivity index (χ4n) is 5.53. The van der Waals surface area contributed by atoms with Gasteiger partial charge in [-0.3, -0.25) is 0 Å². The van der Waals surface area contributed by atoms with Gasteiger partial charge in [0, 0.05) is 5.92 Å². The van der Waals surface area contributed by atoms with Crippen molar-refractivity contribution in [2.24, 2.45) is 5.92 Å². The molecule has 0 aliphatic heterocycles. The van der Waals surface area contributed by atoms with Crippen LogP contribution in [0.5, 0.6) is 0 Å². The second kappa shape index (κ2) is 10.5. The van der Waals surface area contributed by atoms with Crippen molar-refractivity contribution in [2.45, 2.75) is 56.9 Å². The highest BCUT2D eigenvalue weighted by molar-refractivity contribution is 6.70. The van der Waals surface area contributed by atoms with Crippen LogP contribution < -0.4 is 0 Å². The first-order valence-corrected chi connectivity index (χ1v) is 19.8. The van der Waals surface area contributed by atoms with Crippen LogP contribution >= 0.6 is 0 Å². The largest absolute Gasteiger partial charge is 0.404 e. The molecule has 4 heteroatoms. The van der Waals surface area contributed by atoms with Crippen molar-refractivity contribution < 1.29 is 8.85 Å². The zero-order chi connectivity index (χ0) is 25.9. The molecule has 2 nitrogen and oxygen atoms in total. The van der Waals surface area contributed by atoms with Crippen molar-refractivity contribution in [2.75, 3.05) is 0 Å². The van der Waals surface area contributed by atoms with E-state index in [0.29, 0.717) is 0 Å². The molecule has 0 radical (unpaired) electrons. The molecule has 2 atom stereocenters. The molecule has 0 spiro atoms. The van der Waals surface area contributed by atoms with Crippen molar-refractivity contribution in [3.05, 3.63) is 132 Å². The van der Waals surface area contributed by atoms with Crippen molar-refractivity contribution in [1.29, 1.82) is 0 Å². The summed E-state index contributed by atoms with van der Waals surface area (Å²) in [5, 5.41) is 0. The summed E-state index contributed by atoms with van der Waals surface area (Å²) < 4.78 is 15.2. The van der Waals surface area contributed by atoms with Gasteiger partial charge in [-0.1, -0.05) is 115 Å². The van der Waals surface area contributed by atoms with Gasteiger partial charge in [0.25, 0.3) is 0 Å². The van der Waals surface area contributed by atoms with E-state index in [1.165, 1.54) is 0 Å². The van der Waals surface area contributed by atoms with Crippen LogP contribution in [0, 0.1) is 5.92 Å². The highest BCUT2D eigenvalue weighted by Gasteiger charge is 2.62. The first-order chi connectivity index (χ1) is 17.1. The van der Waals surface area contributed by atoms with Gasteiger partial charge in [-0.15, -0.1) is 0 Å². The van der Waals surface area contributed by atoms with E-state index in [1.54, 1.807) is 0 Å². The van der Waals surface area contributed by atoms with Crippen LogP contribution in [0.3, 0.4) is 0 Å². The van der Waals surface area contributed by atoms with E-state index in [0.717, 1.165) is 23.1 Å². The molecule has 0 bridgehead atoms. The topological polar surface area (TPSA) is 18.5 Å². The number of hydrogen-bond acceptors (Lipinski definition) is 2. The Hall–Kier alpha value is -2.51. The lowest BCUT2D eigenvalue weighted by molar-refractivity contribution is -0.140. The van der Waals surface area contributed by atoms with E-state index in [9.17, 15) is 0 Å². The van der Waals surface area contributed by atoms with Gasteiger partial charge in [0.2, 0.25) is 0 Å². The van der Waals surface area contributed by atoms with Crippen molar-refractivity contribution >= 4 is 16.6 Å². The maximum absolute atomic E-state index is 7.62. The second-order valence-electron chi connectivity index (χ2n) is 11.6. The Morgan fingerprint density at radius 1 is 0.583 bits per heavy atom. The van der Waals surface area contributed by atoms with E-state index in [4.69, 9.17) is 8.85 Å². The van der Waals surface area contributed by atoms with E-state index in [1.807, 2.05) is 0 Å². The lowest BCUT2D eigenvalue weighted by atomic mass is 9.62. The van der Waals surface area contributed by atoms with Gasteiger partial charge in [-0.2, -0.15) is 0 Å². The van der Waals surface area contributed by atoms with E-state index in [2.05, 4.69) is 155 Å². The van der Waals surface area contributed by atoms with Gasteiger partial charge in [0.1, 0.15) is 11.2 Å². The van der Waals surface area contributed by atoms with Crippen molar-refractivity contribution in [3.8, 4) is 0 Å². The van der Waals surface area contributed by atoms with E-state index in [-0.39, 0.29) is 5.92 Å². The number of rotatable bonds is 9. The highest BCUT2D eigenvalue weighted by atomic mass is 28.4. The maximum Gasteiger partial charge on any atom is 0.185 e. The van der Waals surface area contributed by atoms with Gasteiger partial charge in [0.15, 0.2) is 16.6 Å². The van der Waals surface area contributed by atoms with Crippen LogP contribution in [-0.2, 0) is 20.1 Å². The fraction of sp³-hybridized carbons (Fsp3) is 0.312. The minimum Gasteiger partial charge on any atom is -0.404 e. The summed E-state index contributed by atoms with van der Waals surface area (Å²) in [7, 11) is -4.28. The summed E-state index contributed by atoms with van der Waals surface area (Å²) >= 11 is 0. The SMILES string of the molecule is C[Si](C)(C)OC(c1ccccc1)(c1ccccc1)C(O[Si](C)(C)C)(c1ccccc1)C1C=CC=CC1. The first-order valence-electron chi connectivity index (χ1n) is 13.0. The summed E-state index contributed by atoms with van der Waals surface area (Å²) in [6.45, 7) is 13.7. The van der Waals surface area contributed by atoms with Gasteiger partial charge in [-0.25, -0.2) is 0 Å². The molecule has 1 aliphatic carbocycles. The van der Waals surface area contributed by atoms with E-state index >= 15 is 0 Å². The van der Waals surface area contributed by atoms with Crippen LogP contribution in [0.4, 0.5) is 0 Å². The third kappa shape index (κ3) is 5.28. The fourth-order valence-corrected chi connectivity index (χ4v) is 8.21. The van der Waals surface area contributed by atoms with Crippen LogP contribution in [-0.4, -0.2) is 16.6 Å². The van der Waals surface area contributed by atoms with Crippen LogP contribution in [0.15, 0.2) is 115 Å². The van der Waals surface area contributed by atoms with Gasteiger partial charge >= 0.3 is 0 Å². The molecule has 0 aromatic heterocycles. The molecule has 0 amide bonds. The first kappa shape index (κ1) is 26.6. The molecule has 3 aromatic carbocycles. The Balaban J connectivity index is 2.23. The number of hydrogen-bond donors (Lipinski definition) is 0. The second-order valence-corrected chi connectivity index (χ2v) is 20.5. The normalized spacial score (nSPS) is 18.1. The third-order valence-corrected chi connectivity index (χ3v) is 8.37. The Kier molecular flexibility index (Phi) is 7.72. The quantitative estimate of drug-likeness (QED) is 0.267.